The molecule has 0 spiro atoms. The summed E-state index contributed by atoms with van der Waals surface area (Å²) < 4.78 is 0.906. The summed E-state index contributed by atoms with van der Waals surface area (Å²) in [5.74, 6) is 0.610. The molecule has 1 aromatic carbocycles. The standard InChI is InChI=1S/C18H23BrN2O2/c1-12-5-6-16(15(19)11-12)20-17(22)13-7-9-21(10-8-13)18(23)14-3-2-4-14/h5-6,11,13-14H,2-4,7-10H2,1H3,(H,20,22). The minimum Gasteiger partial charge on any atom is -0.342 e. The molecule has 0 unspecified atom stereocenters. The van der Waals surface area contributed by atoms with Crippen molar-refractivity contribution >= 4 is 33.4 Å². The van der Waals surface area contributed by atoms with Crippen LogP contribution in [0.3, 0.4) is 0 Å². The molecule has 124 valence electrons. The largest absolute Gasteiger partial charge is 0.342 e. The van der Waals surface area contributed by atoms with E-state index in [1.165, 1.54) is 6.42 Å². The first-order chi connectivity index (χ1) is 11.0. The van der Waals surface area contributed by atoms with E-state index in [4.69, 9.17) is 0 Å². The van der Waals surface area contributed by atoms with Crippen LogP contribution in [-0.2, 0) is 9.59 Å². The number of anilines is 1. The van der Waals surface area contributed by atoms with E-state index >= 15 is 0 Å². The van der Waals surface area contributed by atoms with Gasteiger partial charge in [-0.25, -0.2) is 0 Å². The normalized spacial score (nSPS) is 19.3. The van der Waals surface area contributed by atoms with E-state index in [1.807, 2.05) is 30.0 Å². The molecular weight excluding hydrogens is 356 g/mol. The zero-order valence-corrected chi connectivity index (χ0v) is 15.1. The second kappa shape index (κ2) is 7.04. The average Bonchev–Trinajstić information content (AvgIpc) is 2.48. The number of aryl methyl sites for hydroxylation is 1. The number of rotatable bonds is 3. The summed E-state index contributed by atoms with van der Waals surface area (Å²) in [4.78, 5) is 26.6. The van der Waals surface area contributed by atoms with Crippen LogP contribution in [0.2, 0.25) is 0 Å². The first-order valence-electron chi connectivity index (χ1n) is 8.40. The lowest BCUT2D eigenvalue weighted by molar-refractivity contribution is -0.140. The van der Waals surface area contributed by atoms with Crippen LogP contribution in [0.15, 0.2) is 22.7 Å². The van der Waals surface area contributed by atoms with Crippen molar-refractivity contribution in [3.63, 3.8) is 0 Å². The van der Waals surface area contributed by atoms with Crippen LogP contribution in [0.25, 0.3) is 0 Å². The third kappa shape index (κ3) is 3.77. The predicted octanol–water partition coefficient (Wildman–Crippen LogP) is 3.73. The average molecular weight is 379 g/mol. The lowest BCUT2D eigenvalue weighted by Gasteiger charge is -2.36. The first-order valence-corrected chi connectivity index (χ1v) is 9.19. The van der Waals surface area contributed by atoms with Crippen LogP contribution in [0.4, 0.5) is 5.69 Å². The van der Waals surface area contributed by atoms with Gasteiger partial charge in [0.2, 0.25) is 11.8 Å². The maximum absolute atomic E-state index is 12.4. The van der Waals surface area contributed by atoms with E-state index in [2.05, 4.69) is 21.2 Å². The van der Waals surface area contributed by atoms with E-state index in [9.17, 15) is 9.59 Å². The Morgan fingerprint density at radius 1 is 1.13 bits per heavy atom. The Balaban J connectivity index is 1.52. The van der Waals surface area contributed by atoms with Gasteiger partial charge < -0.3 is 10.2 Å². The quantitative estimate of drug-likeness (QED) is 0.870. The highest BCUT2D eigenvalue weighted by molar-refractivity contribution is 9.10. The molecule has 2 aliphatic rings. The highest BCUT2D eigenvalue weighted by atomic mass is 79.9. The summed E-state index contributed by atoms with van der Waals surface area (Å²) in [5.41, 5.74) is 1.96. The fourth-order valence-electron chi connectivity index (χ4n) is 3.23. The zero-order chi connectivity index (χ0) is 16.4. The molecule has 1 heterocycles. The number of piperidine rings is 1. The highest BCUT2D eigenvalue weighted by Gasteiger charge is 2.33. The Bertz CT molecular complexity index is 605. The van der Waals surface area contributed by atoms with Crippen LogP contribution >= 0.6 is 15.9 Å². The molecule has 1 aliphatic carbocycles. The molecule has 2 fully saturated rings. The first kappa shape index (κ1) is 16.5. The Morgan fingerprint density at radius 3 is 2.39 bits per heavy atom. The topological polar surface area (TPSA) is 49.4 Å². The Morgan fingerprint density at radius 2 is 1.83 bits per heavy atom. The third-order valence-electron chi connectivity index (χ3n) is 5.01. The SMILES string of the molecule is Cc1ccc(NC(=O)C2CCN(C(=O)C3CCC3)CC2)c(Br)c1. The molecule has 4 nitrogen and oxygen atoms in total. The minimum atomic E-state index is -0.00589. The molecule has 3 rings (SSSR count). The van der Waals surface area contributed by atoms with Gasteiger partial charge in [0.25, 0.3) is 0 Å². The smallest absolute Gasteiger partial charge is 0.227 e. The van der Waals surface area contributed by atoms with E-state index < -0.39 is 0 Å². The molecule has 1 saturated carbocycles. The number of carbonyl (C=O) groups is 2. The molecule has 1 saturated heterocycles. The number of hydrogen-bond donors (Lipinski definition) is 1. The van der Waals surface area contributed by atoms with Crippen LogP contribution < -0.4 is 5.32 Å². The van der Waals surface area contributed by atoms with E-state index in [1.54, 1.807) is 0 Å². The summed E-state index contributed by atoms with van der Waals surface area (Å²) in [6, 6.07) is 5.91. The maximum atomic E-state index is 12.4. The van der Waals surface area contributed by atoms with Gasteiger partial charge in [-0.05, 0) is 66.2 Å². The molecule has 23 heavy (non-hydrogen) atoms. The number of amides is 2. The van der Waals surface area contributed by atoms with Crippen LogP contribution in [0.1, 0.15) is 37.7 Å². The van der Waals surface area contributed by atoms with Crippen molar-refractivity contribution in [1.82, 2.24) is 4.90 Å². The van der Waals surface area contributed by atoms with Crippen LogP contribution in [-0.4, -0.2) is 29.8 Å². The second-order valence-electron chi connectivity index (χ2n) is 6.70. The Kier molecular flexibility index (Phi) is 5.05. The molecule has 2 amide bonds. The zero-order valence-electron chi connectivity index (χ0n) is 13.5. The van der Waals surface area contributed by atoms with E-state index in [0.717, 1.165) is 41.4 Å². The Hall–Kier alpha value is -1.36. The molecule has 0 radical (unpaired) electrons. The Labute approximate surface area is 145 Å². The van der Waals surface area contributed by atoms with Crippen molar-refractivity contribution in [2.45, 2.75) is 39.0 Å². The number of halogens is 1. The van der Waals surface area contributed by atoms with Crippen LogP contribution in [0, 0.1) is 18.8 Å². The van der Waals surface area contributed by atoms with Gasteiger partial charge in [0.15, 0.2) is 0 Å². The van der Waals surface area contributed by atoms with Gasteiger partial charge in [0, 0.05) is 29.4 Å². The van der Waals surface area contributed by atoms with Crippen molar-refractivity contribution < 1.29 is 9.59 Å². The van der Waals surface area contributed by atoms with Crippen LogP contribution in [0.5, 0.6) is 0 Å². The van der Waals surface area contributed by atoms with Crippen molar-refractivity contribution in [2.75, 3.05) is 18.4 Å². The summed E-state index contributed by atoms with van der Waals surface area (Å²) in [6.45, 7) is 3.44. The lowest BCUT2D eigenvalue weighted by atomic mass is 9.83. The summed E-state index contributed by atoms with van der Waals surface area (Å²) in [6.07, 6.45) is 4.78. The molecule has 0 atom stereocenters. The molecule has 1 aromatic rings. The summed E-state index contributed by atoms with van der Waals surface area (Å²) in [5, 5.41) is 3.01. The number of nitrogens with zero attached hydrogens (tertiary/aromatic N) is 1. The van der Waals surface area contributed by atoms with Gasteiger partial charge in [-0.15, -0.1) is 0 Å². The van der Waals surface area contributed by atoms with Gasteiger partial charge in [0.1, 0.15) is 0 Å². The van der Waals surface area contributed by atoms with Crippen molar-refractivity contribution in [3.8, 4) is 0 Å². The fourth-order valence-corrected chi connectivity index (χ4v) is 3.82. The predicted molar refractivity (Wildman–Crippen MR) is 94.2 cm³/mol. The number of likely N-dealkylation sites (tertiary alicyclic amines) is 1. The monoisotopic (exact) mass is 378 g/mol. The fraction of sp³-hybridized carbons (Fsp3) is 0.556. The molecule has 1 aliphatic heterocycles. The molecule has 0 aromatic heterocycles. The summed E-state index contributed by atoms with van der Waals surface area (Å²) >= 11 is 3.49. The van der Waals surface area contributed by atoms with E-state index in [-0.39, 0.29) is 17.7 Å². The second-order valence-corrected chi connectivity index (χ2v) is 7.55. The minimum absolute atomic E-state index is 0.00589. The molecule has 0 bridgehead atoms. The lowest BCUT2D eigenvalue weighted by Crippen LogP contribution is -2.45. The van der Waals surface area contributed by atoms with Gasteiger partial charge in [0.05, 0.1) is 5.69 Å². The third-order valence-corrected chi connectivity index (χ3v) is 5.67. The number of carbonyl (C=O) groups excluding carboxylic acids is 2. The number of nitrogens with one attached hydrogen (secondary N) is 1. The molecular formula is C18H23BrN2O2. The van der Waals surface area contributed by atoms with Gasteiger partial charge >= 0.3 is 0 Å². The van der Waals surface area contributed by atoms with Crippen molar-refractivity contribution in [2.24, 2.45) is 11.8 Å². The van der Waals surface area contributed by atoms with Gasteiger partial charge in [-0.3, -0.25) is 9.59 Å². The van der Waals surface area contributed by atoms with Gasteiger partial charge in [-0.2, -0.15) is 0 Å². The number of benzene rings is 1. The van der Waals surface area contributed by atoms with Crippen molar-refractivity contribution in [1.29, 1.82) is 0 Å². The van der Waals surface area contributed by atoms with Crippen molar-refractivity contribution in [3.05, 3.63) is 28.2 Å². The number of hydrogen-bond acceptors (Lipinski definition) is 2. The summed E-state index contributed by atoms with van der Waals surface area (Å²) in [7, 11) is 0. The van der Waals surface area contributed by atoms with Gasteiger partial charge in [-0.1, -0.05) is 12.5 Å². The molecule has 5 heteroatoms. The molecule has 1 N–H and O–H groups in total. The highest BCUT2D eigenvalue weighted by Crippen LogP contribution is 2.30. The van der Waals surface area contributed by atoms with E-state index in [0.29, 0.717) is 19.0 Å². The maximum Gasteiger partial charge on any atom is 0.227 e.